The zero-order chi connectivity index (χ0) is 19.0. The summed E-state index contributed by atoms with van der Waals surface area (Å²) in [6.07, 6.45) is -7.16. The number of hydrazine groups is 1. The smallest absolute Gasteiger partial charge is 0.429 e. The summed E-state index contributed by atoms with van der Waals surface area (Å²) in [7, 11) is 0. The lowest BCUT2D eigenvalue weighted by atomic mass is 10.1. The molecule has 25 heavy (non-hydrogen) atoms. The molecule has 0 fully saturated rings. The van der Waals surface area contributed by atoms with Crippen molar-refractivity contribution in [2.45, 2.75) is 39.0 Å². The minimum absolute atomic E-state index is 0.0214. The lowest BCUT2D eigenvalue weighted by Gasteiger charge is -2.32. The van der Waals surface area contributed by atoms with E-state index in [-0.39, 0.29) is 11.1 Å². The molecule has 0 bridgehead atoms. The second-order valence-electron chi connectivity index (χ2n) is 6.44. The first-order chi connectivity index (χ1) is 11.4. The highest BCUT2D eigenvalue weighted by molar-refractivity contribution is 6.21. The van der Waals surface area contributed by atoms with Gasteiger partial charge >= 0.3 is 12.3 Å². The van der Waals surface area contributed by atoms with E-state index in [9.17, 15) is 27.6 Å². The SMILES string of the molecule is CC(C)(C)OC(=O)N(CCC(F)(F)F)N1C(=O)c2ccccc2C1=O. The van der Waals surface area contributed by atoms with Gasteiger partial charge in [-0.2, -0.15) is 18.2 Å². The number of carbonyl (C=O) groups is 3. The molecule has 0 aromatic heterocycles. The number of ether oxygens (including phenoxy) is 1. The van der Waals surface area contributed by atoms with Gasteiger partial charge in [-0.25, -0.2) is 9.80 Å². The monoisotopic (exact) mass is 358 g/mol. The fourth-order valence-electron chi connectivity index (χ4n) is 2.22. The second-order valence-corrected chi connectivity index (χ2v) is 6.44. The van der Waals surface area contributed by atoms with Crippen LogP contribution in [0.1, 0.15) is 47.9 Å². The molecule has 3 amide bonds. The second kappa shape index (κ2) is 6.38. The molecule has 136 valence electrons. The summed E-state index contributed by atoms with van der Waals surface area (Å²) < 4.78 is 42.8. The van der Waals surface area contributed by atoms with Crippen molar-refractivity contribution >= 4 is 17.9 Å². The van der Waals surface area contributed by atoms with E-state index >= 15 is 0 Å². The summed E-state index contributed by atoms with van der Waals surface area (Å²) in [5.41, 5.74) is -0.965. The maximum Gasteiger partial charge on any atom is 0.429 e. The van der Waals surface area contributed by atoms with Gasteiger partial charge in [-0.1, -0.05) is 12.1 Å². The standard InChI is InChI=1S/C16H17F3N2O4/c1-15(2,3)25-14(24)20(9-8-16(17,18)19)21-12(22)10-6-4-5-7-11(10)13(21)23/h4-7H,8-9H2,1-3H3. The molecule has 0 radical (unpaired) electrons. The van der Waals surface area contributed by atoms with Gasteiger partial charge in [-0.15, -0.1) is 0 Å². The van der Waals surface area contributed by atoms with Crippen LogP contribution in [0, 0.1) is 0 Å². The van der Waals surface area contributed by atoms with Gasteiger partial charge in [-0.05, 0) is 32.9 Å². The van der Waals surface area contributed by atoms with Crippen LogP contribution in [0.2, 0.25) is 0 Å². The summed E-state index contributed by atoms with van der Waals surface area (Å²) in [5.74, 6) is -1.73. The Kier molecular flexibility index (Phi) is 4.79. The maximum absolute atomic E-state index is 12.6. The molecule has 6 nitrogen and oxygen atoms in total. The van der Waals surface area contributed by atoms with Crippen LogP contribution in [0.15, 0.2) is 24.3 Å². The van der Waals surface area contributed by atoms with E-state index in [0.717, 1.165) is 0 Å². The highest BCUT2D eigenvalue weighted by atomic mass is 19.4. The summed E-state index contributed by atoms with van der Waals surface area (Å²) in [5, 5.41) is 0.813. The molecule has 1 aliphatic rings. The van der Waals surface area contributed by atoms with Crippen molar-refractivity contribution in [1.29, 1.82) is 0 Å². The van der Waals surface area contributed by atoms with Crippen molar-refractivity contribution < 1.29 is 32.3 Å². The number of imide groups is 1. The van der Waals surface area contributed by atoms with Gasteiger partial charge in [0.2, 0.25) is 0 Å². The van der Waals surface area contributed by atoms with Gasteiger partial charge < -0.3 is 4.74 Å². The van der Waals surface area contributed by atoms with Crippen molar-refractivity contribution in [2.24, 2.45) is 0 Å². The predicted molar refractivity (Wildman–Crippen MR) is 80.6 cm³/mol. The number of alkyl halides is 3. The Morgan fingerprint density at radius 1 is 1.08 bits per heavy atom. The fourth-order valence-corrected chi connectivity index (χ4v) is 2.22. The van der Waals surface area contributed by atoms with Crippen LogP contribution >= 0.6 is 0 Å². The molecule has 0 aliphatic carbocycles. The van der Waals surface area contributed by atoms with Crippen LogP contribution < -0.4 is 0 Å². The number of nitrogens with zero attached hydrogens (tertiary/aromatic N) is 2. The van der Waals surface area contributed by atoms with Gasteiger partial charge in [0.25, 0.3) is 11.8 Å². The van der Waals surface area contributed by atoms with Gasteiger partial charge in [0.05, 0.1) is 24.1 Å². The molecule has 2 rings (SSSR count). The first kappa shape index (κ1) is 18.8. The van der Waals surface area contributed by atoms with Crippen LogP contribution in [0.5, 0.6) is 0 Å². The van der Waals surface area contributed by atoms with E-state index in [1.807, 2.05) is 0 Å². The number of halogens is 3. The molecule has 0 saturated carbocycles. The average molecular weight is 358 g/mol. The normalized spacial score (nSPS) is 14.6. The molecule has 9 heteroatoms. The Morgan fingerprint density at radius 3 is 1.96 bits per heavy atom. The molecular weight excluding hydrogens is 341 g/mol. The Labute approximate surface area is 142 Å². The van der Waals surface area contributed by atoms with Gasteiger partial charge in [0.1, 0.15) is 5.60 Å². The lowest BCUT2D eigenvalue weighted by molar-refractivity contribution is -0.142. The van der Waals surface area contributed by atoms with Gasteiger partial charge in [-0.3, -0.25) is 9.59 Å². The van der Waals surface area contributed by atoms with Crippen LogP contribution in [0.3, 0.4) is 0 Å². The molecule has 1 aromatic carbocycles. The number of hydrogen-bond donors (Lipinski definition) is 0. The quantitative estimate of drug-likeness (QED) is 0.777. The molecule has 0 unspecified atom stereocenters. The number of carbonyl (C=O) groups excluding carboxylic acids is 3. The number of benzene rings is 1. The van der Waals surface area contributed by atoms with E-state index in [1.54, 1.807) is 0 Å². The number of amides is 3. The van der Waals surface area contributed by atoms with Crippen molar-refractivity contribution in [3.05, 3.63) is 35.4 Å². The number of fused-ring (bicyclic) bond motifs is 1. The van der Waals surface area contributed by atoms with Gasteiger partial charge in [0.15, 0.2) is 0 Å². The van der Waals surface area contributed by atoms with E-state index in [0.29, 0.717) is 10.0 Å². The van der Waals surface area contributed by atoms with Crippen LogP contribution in [-0.2, 0) is 4.74 Å². The molecule has 0 N–H and O–H groups in total. The molecule has 0 atom stereocenters. The van der Waals surface area contributed by atoms with Crippen molar-refractivity contribution in [3.8, 4) is 0 Å². The third-order valence-electron chi connectivity index (χ3n) is 3.23. The highest BCUT2D eigenvalue weighted by Crippen LogP contribution is 2.27. The van der Waals surface area contributed by atoms with Gasteiger partial charge in [0, 0.05) is 0 Å². The first-order valence-electron chi connectivity index (χ1n) is 7.46. The summed E-state index contributed by atoms with van der Waals surface area (Å²) in [6.45, 7) is 3.66. The molecule has 0 saturated heterocycles. The Morgan fingerprint density at radius 2 is 1.56 bits per heavy atom. The first-order valence-corrected chi connectivity index (χ1v) is 7.46. The Bertz CT molecular complexity index is 675. The van der Waals surface area contributed by atoms with Crippen LogP contribution in [0.4, 0.5) is 18.0 Å². The van der Waals surface area contributed by atoms with E-state index < -0.39 is 42.7 Å². The topological polar surface area (TPSA) is 66.9 Å². The Balaban J connectivity index is 2.34. The maximum atomic E-state index is 12.6. The third kappa shape index (κ3) is 4.28. The average Bonchev–Trinajstić information content (AvgIpc) is 2.70. The summed E-state index contributed by atoms with van der Waals surface area (Å²) in [4.78, 5) is 37.1. The number of rotatable bonds is 3. The zero-order valence-corrected chi connectivity index (χ0v) is 13.9. The predicted octanol–water partition coefficient (Wildman–Crippen LogP) is 3.39. The van der Waals surface area contributed by atoms with Crippen molar-refractivity contribution in [3.63, 3.8) is 0 Å². The van der Waals surface area contributed by atoms with Crippen LogP contribution in [-0.4, -0.2) is 46.2 Å². The van der Waals surface area contributed by atoms with E-state index in [2.05, 4.69) is 0 Å². The largest absolute Gasteiger partial charge is 0.442 e. The molecule has 0 spiro atoms. The minimum atomic E-state index is -4.57. The number of hydrogen-bond acceptors (Lipinski definition) is 4. The molecule has 1 aliphatic heterocycles. The molecular formula is C16H17F3N2O4. The van der Waals surface area contributed by atoms with Crippen molar-refractivity contribution in [2.75, 3.05) is 6.54 Å². The lowest BCUT2D eigenvalue weighted by Crippen LogP contribution is -2.52. The zero-order valence-electron chi connectivity index (χ0n) is 13.9. The fraction of sp³-hybridized carbons (Fsp3) is 0.438. The summed E-state index contributed by atoms with van der Waals surface area (Å²) >= 11 is 0. The summed E-state index contributed by atoms with van der Waals surface area (Å²) in [6, 6.07) is 5.77. The van der Waals surface area contributed by atoms with E-state index in [1.165, 1.54) is 45.0 Å². The Hall–Kier alpha value is -2.58. The van der Waals surface area contributed by atoms with E-state index in [4.69, 9.17) is 4.74 Å². The minimum Gasteiger partial charge on any atom is -0.442 e. The van der Waals surface area contributed by atoms with Crippen LogP contribution in [0.25, 0.3) is 0 Å². The molecule has 1 heterocycles. The molecule has 1 aromatic rings. The van der Waals surface area contributed by atoms with Crippen molar-refractivity contribution in [1.82, 2.24) is 10.0 Å². The third-order valence-corrected chi connectivity index (χ3v) is 3.23. The highest BCUT2D eigenvalue weighted by Gasteiger charge is 2.43.